The van der Waals surface area contributed by atoms with Crippen molar-refractivity contribution in [3.05, 3.63) is 46.4 Å². The van der Waals surface area contributed by atoms with Crippen molar-refractivity contribution < 1.29 is 4.79 Å². The normalized spacial score (nSPS) is 15.3. The first-order valence-corrected chi connectivity index (χ1v) is 10.7. The molecule has 29 heavy (non-hydrogen) atoms. The third-order valence-corrected chi connectivity index (χ3v) is 6.10. The van der Waals surface area contributed by atoms with E-state index in [9.17, 15) is 4.79 Å². The van der Waals surface area contributed by atoms with Crippen LogP contribution in [0.25, 0.3) is 0 Å². The van der Waals surface area contributed by atoms with Crippen LogP contribution in [0.4, 0.5) is 5.69 Å². The van der Waals surface area contributed by atoms with Gasteiger partial charge in [-0.25, -0.2) is 4.98 Å². The van der Waals surface area contributed by atoms with Crippen LogP contribution in [-0.4, -0.2) is 29.4 Å². The van der Waals surface area contributed by atoms with Gasteiger partial charge in [0.2, 0.25) is 5.91 Å². The molecule has 0 radical (unpaired) electrons. The van der Waals surface area contributed by atoms with Gasteiger partial charge < -0.3 is 11.1 Å². The lowest BCUT2D eigenvalue weighted by Gasteiger charge is -2.35. The fraction of sp³-hybridized carbons (Fsp3) is 0.524. The summed E-state index contributed by atoms with van der Waals surface area (Å²) in [4.78, 5) is 19.2. The molecule has 0 aliphatic heterocycles. The van der Waals surface area contributed by atoms with Gasteiger partial charge in [0.1, 0.15) is 0 Å². The van der Waals surface area contributed by atoms with Crippen LogP contribution in [0.2, 0.25) is 0 Å². The Morgan fingerprint density at radius 1 is 1.24 bits per heavy atom. The van der Waals surface area contributed by atoms with E-state index in [0.717, 1.165) is 37.3 Å². The van der Waals surface area contributed by atoms with Crippen LogP contribution >= 0.6 is 36.2 Å². The highest BCUT2D eigenvalue weighted by Crippen LogP contribution is 2.38. The molecule has 2 aromatic rings. The molecule has 1 aliphatic rings. The summed E-state index contributed by atoms with van der Waals surface area (Å²) in [6, 6.07) is 8.11. The van der Waals surface area contributed by atoms with Crippen molar-refractivity contribution in [2.24, 2.45) is 11.1 Å². The van der Waals surface area contributed by atoms with E-state index in [-0.39, 0.29) is 36.1 Å². The van der Waals surface area contributed by atoms with Crippen molar-refractivity contribution in [2.45, 2.75) is 51.6 Å². The second-order valence-electron chi connectivity index (χ2n) is 7.84. The van der Waals surface area contributed by atoms with Crippen molar-refractivity contribution in [2.75, 3.05) is 18.9 Å². The summed E-state index contributed by atoms with van der Waals surface area (Å²) in [5.41, 5.74) is 11.0. The maximum Gasteiger partial charge on any atom is 0.224 e. The van der Waals surface area contributed by atoms with E-state index in [1.807, 2.05) is 17.6 Å². The summed E-state index contributed by atoms with van der Waals surface area (Å²) >= 11 is 1.62. The fourth-order valence-corrected chi connectivity index (χ4v) is 4.56. The Morgan fingerprint density at radius 2 is 2.00 bits per heavy atom. The zero-order valence-electron chi connectivity index (χ0n) is 16.9. The molecular weight excluding hydrogens is 427 g/mol. The fourth-order valence-electron chi connectivity index (χ4n) is 4.01. The number of carbonyl (C=O) groups excluding carboxylic acids is 1. The van der Waals surface area contributed by atoms with E-state index in [0.29, 0.717) is 13.0 Å². The van der Waals surface area contributed by atoms with Crippen molar-refractivity contribution in [3.63, 3.8) is 0 Å². The van der Waals surface area contributed by atoms with E-state index < -0.39 is 0 Å². The predicted molar refractivity (Wildman–Crippen MR) is 126 cm³/mol. The molecule has 1 saturated carbocycles. The van der Waals surface area contributed by atoms with E-state index in [2.05, 4.69) is 39.8 Å². The lowest BCUT2D eigenvalue weighted by atomic mass is 9.71. The Labute approximate surface area is 190 Å². The van der Waals surface area contributed by atoms with E-state index >= 15 is 0 Å². The van der Waals surface area contributed by atoms with Crippen molar-refractivity contribution in [1.82, 2.24) is 9.88 Å². The molecule has 1 fully saturated rings. The third-order valence-electron chi connectivity index (χ3n) is 5.46. The summed E-state index contributed by atoms with van der Waals surface area (Å²) in [6.45, 7) is 2.23. The molecule has 3 rings (SSSR count). The number of anilines is 1. The van der Waals surface area contributed by atoms with Crippen LogP contribution in [-0.2, 0) is 17.9 Å². The predicted octanol–water partition coefficient (Wildman–Crippen LogP) is 4.86. The number of nitrogens with two attached hydrogens (primary N) is 1. The summed E-state index contributed by atoms with van der Waals surface area (Å²) in [7, 11) is 2.08. The number of hydrogen-bond acceptors (Lipinski definition) is 5. The molecular formula is C21H32Cl2N4OS. The zero-order valence-corrected chi connectivity index (χ0v) is 19.4. The molecule has 1 aliphatic carbocycles. The average Bonchev–Trinajstić information content (AvgIpc) is 3.15. The highest BCUT2D eigenvalue weighted by Gasteiger charge is 2.32. The first-order valence-electron chi connectivity index (χ1n) is 9.73. The zero-order chi connectivity index (χ0) is 19.1. The minimum Gasteiger partial charge on any atom is -0.330 e. The van der Waals surface area contributed by atoms with E-state index in [1.54, 1.807) is 11.3 Å². The number of nitrogens with one attached hydrogen (secondary N) is 1. The first kappa shape index (κ1) is 25.9. The van der Waals surface area contributed by atoms with E-state index in [4.69, 9.17) is 5.73 Å². The highest BCUT2D eigenvalue weighted by molar-refractivity contribution is 7.07. The van der Waals surface area contributed by atoms with Crippen molar-refractivity contribution in [3.8, 4) is 0 Å². The molecule has 0 bridgehead atoms. The summed E-state index contributed by atoms with van der Waals surface area (Å²) in [5.74, 6) is 0.0790. The minimum atomic E-state index is -0.00625. The Balaban J connectivity index is 0.00000210. The lowest BCUT2D eigenvalue weighted by molar-refractivity contribution is -0.118. The molecule has 1 amide bonds. The number of aromatic nitrogens is 1. The number of thiazole rings is 1. The summed E-state index contributed by atoms with van der Waals surface area (Å²) in [5, 5.41) is 5.16. The largest absolute Gasteiger partial charge is 0.330 e. The molecule has 5 nitrogen and oxygen atoms in total. The number of halogens is 2. The second-order valence-corrected chi connectivity index (χ2v) is 8.56. The Hall–Kier alpha value is -1.18. The van der Waals surface area contributed by atoms with Gasteiger partial charge in [0.25, 0.3) is 0 Å². The van der Waals surface area contributed by atoms with Gasteiger partial charge >= 0.3 is 0 Å². The Bertz CT molecular complexity index is 736. The van der Waals surface area contributed by atoms with Crippen LogP contribution in [0.3, 0.4) is 0 Å². The Morgan fingerprint density at radius 3 is 2.66 bits per heavy atom. The molecule has 0 unspecified atom stereocenters. The van der Waals surface area contributed by atoms with Gasteiger partial charge in [-0.3, -0.25) is 9.69 Å². The van der Waals surface area contributed by atoms with Crippen LogP contribution in [0.1, 0.15) is 49.8 Å². The minimum absolute atomic E-state index is 0. The number of amides is 1. The van der Waals surface area contributed by atoms with Crippen LogP contribution in [0.15, 0.2) is 35.2 Å². The van der Waals surface area contributed by atoms with Gasteiger partial charge in [-0.2, -0.15) is 0 Å². The van der Waals surface area contributed by atoms with Gasteiger partial charge in [0.05, 0.1) is 11.2 Å². The maximum atomic E-state index is 12.6. The third kappa shape index (κ3) is 7.87. The summed E-state index contributed by atoms with van der Waals surface area (Å²) in [6.07, 6.45) is 6.30. The number of nitrogens with zero attached hydrogens (tertiary/aromatic N) is 2. The molecule has 1 aromatic carbocycles. The molecule has 1 heterocycles. The smallest absolute Gasteiger partial charge is 0.224 e. The maximum absolute atomic E-state index is 12.6. The molecule has 1 aromatic heterocycles. The quantitative estimate of drug-likeness (QED) is 0.592. The standard InChI is InChI=1S/C21H30N4OS.2ClH/c1-25(13-19-14-27-16-23-19)12-17-6-5-7-18(10-17)24-20(26)11-21(15-22)8-3-2-4-9-21;;/h5-7,10,14,16H,2-4,8-9,11-13,15,22H2,1H3,(H,24,26);2*1H. The molecule has 0 atom stereocenters. The Kier molecular flexibility index (Phi) is 11.1. The number of carbonyl (C=O) groups is 1. The van der Waals surface area contributed by atoms with Gasteiger partial charge in [-0.15, -0.1) is 36.2 Å². The van der Waals surface area contributed by atoms with Crippen LogP contribution < -0.4 is 11.1 Å². The van der Waals surface area contributed by atoms with Gasteiger partial charge in [-0.05, 0) is 49.5 Å². The van der Waals surface area contributed by atoms with Crippen LogP contribution in [0.5, 0.6) is 0 Å². The summed E-state index contributed by atoms with van der Waals surface area (Å²) < 4.78 is 0. The van der Waals surface area contributed by atoms with Crippen LogP contribution in [0, 0.1) is 5.41 Å². The van der Waals surface area contributed by atoms with Gasteiger partial charge in [0.15, 0.2) is 0 Å². The highest BCUT2D eigenvalue weighted by atomic mass is 35.5. The topological polar surface area (TPSA) is 71.2 Å². The average molecular weight is 459 g/mol. The number of hydrogen-bond donors (Lipinski definition) is 2. The molecule has 8 heteroatoms. The SMILES string of the molecule is CN(Cc1cccc(NC(=O)CC2(CN)CCCCC2)c1)Cc1cscn1.Cl.Cl. The molecule has 0 spiro atoms. The molecule has 3 N–H and O–H groups in total. The first-order chi connectivity index (χ1) is 13.1. The van der Waals surface area contributed by atoms with E-state index in [1.165, 1.54) is 24.8 Å². The number of benzene rings is 1. The molecule has 162 valence electrons. The number of rotatable bonds is 8. The molecule has 0 saturated heterocycles. The van der Waals surface area contributed by atoms with Gasteiger partial charge in [0, 0.05) is 30.6 Å². The van der Waals surface area contributed by atoms with Crippen molar-refractivity contribution >= 4 is 47.7 Å². The monoisotopic (exact) mass is 458 g/mol. The second kappa shape index (κ2) is 12.5. The van der Waals surface area contributed by atoms with Gasteiger partial charge in [-0.1, -0.05) is 31.4 Å². The lowest BCUT2D eigenvalue weighted by Crippen LogP contribution is -2.36. The van der Waals surface area contributed by atoms with Crippen molar-refractivity contribution in [1.29, 1.82) is 0 Å².